The summed E-state index contributed by atoms with van der Waals surface area (Å²) in [4.78, 5) is 43.5. The zero-order valence-corrected chi connectivity index (χ0v) is 18.7. The molecule has 0 spiro atoms. The SMILES string of the molecule is CCC(C)(C)NC(=O)c1cccc(NC(=O)CC2SC(N3CCCCC3)=NC2=O)c1. The molecule has 1 atom stereocenters. The van der Waals surface area contributed by atoms with Gasteiger partial charge in [-0.25, -0.2) is 0 Å². The molecule has 30 heavy (non-hydrogen) atoms. The van der Waals surface area contributed by atoms with E-state index in [1.165, 1.54) is 18.2 Å². The summed E-state index contributed by atoms with van der Waals surface area (Å²) in [6.45, 7) is 7.78. The van der Waals surface area contributed by atoms with Gasteiger partial charge in [-0.05, 0) is 57.7 Å². The van der Waals surface area contributed by atoms with Crippen molar-refractivity contribution >= 4 is 40.3 Å². The van der Waals surface area contributed by atoms with E-state index in [1.807, 2.05) is 20.8 Å². The molecule has 1 aromatic rings. The molecule has 1 aromatic carbocycles. The average Bonchev–Trinajstić information content (AvgIpc) is 3.08. The standard InChI is InChI=1S/C22H30N4O3S/c1-4-22(2,3)25-19(28)15-9-8-10-16(13-15)23-18(27)14-17-20(29)24-21(30-17)26-11-6-5-7-12-26/h8-10,13,17H,4-7,11-12,14H2,1-3H3,(H,23,27)(H,25,28). The number of rotatable bonds is 6. The van der Waals surface area contributed by atoms with Crippen LogP contribution in [-0.2, 0) is 9.59 Å². The van der Waals surface area contributed by atoms with Crippen LogP contribution in [0.25, 0.3) is 0 Å². The molecule has 2 heterocycles. The maximum atomic E-state index is 12.5. The summed E-state index contributed by atoms with van der Waals surface area (Å²) in [6, 6.07) is 6.83. The summed E-state index contributed by atoms with van der Waals surface area (Å²) in [7, 11) is 0. The number of likely N-dealkylation sites (tertiary alicyclic amines) is 1. The number of nitrogens with zero attached hydrogens (tertiary/aromatic N) is 2. The van der Waals surface area contributed by atoms with Crippen molar-refractivity contribution in [3.8, 4) is 0 Å². The molecule has 0 bridgehead atoms. The molecule has 1 unspecified atom stereocenters. The molecule has 8 heteroatoms. The number of carbonyl (C=O) groups excluding carboxylic acids is 3. The summed E-state index contributed by atoms with van der Waals surface area (Å²) in [5.74, 6) is -0.688. The van der Waals surface area contributed by atoms with Gasteiger partial charge in [-0.2, -0.15) is 4.99 Å². The van der Waals surface area contributed by atoms with Gasteiger partial charge in [-0.1, -0.05) is 24.8 Å². The maximum Gasteiger partial charge on any atom is 0.262 e. The number of carbonyl (C=O) groups is 3. The fraction of sp³-hybridized carbons (Fsp3) is 0.545. The summed E-state index contributed by atoms with van der Waals surface area (Å²) in [5.41, 5.74) is 0.716. The first kappa shape index (κ1) is 22.3. The van der Waals surface area contributed by atoms with E-state index in [0.717, 1.165) is 37.5 Å². The van der Waals surface area contributed by atoms with E-state index in [9.17, 15) is 14.4 Å². The topological polar surface area (TPSA) is 90.9 Å². The van der Waals surface area contributed by atoms with Crippen LogP contribution in [0, 0.1) is 0 Å². The molecule has 162 valence electrons. The Balaban J connectivity index is 1.55. The second kappa shape index (κ2) is 9.64. The third-order valence-electron chi connectivity index (χ3n) is 5.47. The van der Waals surface area contributed by atoms with Crippen molar-refractivity contribution in [1.29, 1.82) is 0 Å². The molecule has 1 fully saturated rings. The average molecular weight is 431 g/mol. The normalized spacial score (nSPS) is 19.4. The van der Waals surface area contributed by atoms with Crippen molar-refractivity contribution < 1.29 is 14.4 Å². The number of hydrogen-bond donors (Lipinski definition) is 2. The summed E-state index contributed by atoms with van der Waals surface area (Å²) < 4.78 is 0. The molecule has 2 aliphatic rings. The summed E-state index contributed by atoms with van der Waals surface area (Å²) >= 11 is 1.38. The van der Waals surface area contributed by atoms with Crippen LogP contribution in [0.2, 0.25) is 0 Å². The Hall–Kier alpha value is -2.35. The van der Waals surface area contributed by atoms with Crippen LogP contribution in [0.5, 0.6) is 0 Å². The minimum absolute atomic E-state index is 0.0592. The molecule has 0 radical (unpaired) electrons. The zero-order chi connectivity index (χ0) is 21.7. The molecule has 2 aliphatic heterocycles. The Morgan fingerprint density at radius 2 is 1.97 bits per heavy atom. The molecule has 2 N–H and O–H groups in total. The lowest BCUT2D eigenvalue weighted by atomic mass is 10.0. The number of benzene rings is 1. The Bertz CT molecular complexity index is 847. The second-order valence-electron chi connectivity index (χ2n) is 8.41. The van der Waals surface area contributed by atoms with Gasteiger partial charge in [0.2, 0.25) is 5.91 Å². The Labute approximate surface area is 182 Å². The number of amides is 3. The van der Waals surface area contributed by atoms with Crippen LogP contribution in [0.4, 0.5) is 5.69 Å². The molecular weight excluding hydrogens is 400 g/mol. The van der Waals surface area contributed by atoms with Gasteiger partial charge < -0.3 is 15.5 Å². The minimum atomic E-state index is -0.487. The third kappa shape index (κ3) is 5.84. The van der Waals surface area contributed by atoms with Crippen LogP contribution in [0.1, 0.15) is 63.2 Å². The van der Waals surface area contributed by atoms with E-state index in [2.05, 4.69) is 20.5 Å². The maximum absolute atomic E-state index is 12.5. The summed E-state index contributed by atoms with van der Waals surface area (Å²) in [6.07, 6.45) is 4.30. The number of anilines is 1. The monoisotopic (exact) mass is 430 g/mol. The lowest BCUT2D eigenvalue weighted by Gasteiger charge is -2.27. The second-order valence-corrected chi connectivity index (χ2v) is 9.58. The van der Waals surface area contributed by atoms with E-state index in [4.69, 9.17) is 0 Å². The van der Waals surface area contributed by atoms with Gasteiger partial charge >= 0.3 is 0 Å². The van der Waals surface area contributed by atoms with Crippen LogP contribution in [0.3, 0.4) is 0 Å². The fourth-order valence-electron chi connectivity index (χ4n) is 3.32. The number of piperidine rings is 1. The van der Waals surface area contributed by atoms with Crippen LogP contribution in [-0.4, -0.2) is 51.7 Å². The number of thioether (sulfide) groups is 1. The molecular formula is C22H30N4O3S. The molecule has 3 rings (SSSR count). The quantitative estimate of drug-likeness (QED) is 0.722. The zero-order valence-electron chi connectivity index (χ0n) is 17.9. The van der Waals surface area contributed by atoms with Gasteiger partial charge in [0.1, 0.15) is 5.25 Å². The molecule has 1 saturated heterocycles. The molecule has 0 saturated carbocycles. The molecule has 7 nitrogen and oxygen atoms in total. The van der Waals surface area contributed by atoms with E-state index >= 15 is 0 Å². The predicted molar refractivity (Wildman–Crippen MR) is 121 cm³/mol. The number of amidine groups is 1. The highest BCUT2D eigenvalue weighted by atomic mass is 32.2. The minimum Gasteiger partial charge on any atom is -0.351 e. The first-order valence-electron chi connectivity index (χ1n) is 10.5. The van der Waals surface area contributed by atoms with Crippen molar-refractivity contribution in [2.24, 2.45) is 4.99 Å². The van der Waals surface area contributed by atoms with E-state index in [0.29, 0.717) is 11.3 Å². The van der Waals surface area contributed by atoms with Gasteiger partial charge in [0.15, 0.2) is 5.17 Å². The number of hydrogen-bond acceptors (Lipinski definition) is 5. The lowest BCUT2D eigenvalue weighted by Crippen LogP contribution is -2.42. The third-order valence-corrected chi connectivity index (χ3v) is 6.68. The first-order valence-corrected chi connectivity index (χ1v) is 11.4. The van der Waals surface area contributed by atoms with Gasteiger partial charge in [0.25, 0.3) is 11.8 Å². The van der Waals surface area contributed by atoms with Crippen molar-refractivity contribution in [3.63, 3.8) is 0 Å². The molecule has 0 aromatic heterocycles. The Kier molecular flexibility index (Phi) is 7.18. The van der Waals surface area contributed by atoms with Gasteiger partial charge in [0.05, 0.1) is 0 Å². The van der Waals surface area contributed by atoms with Crippen LogP contribution >= 0.6 is 11.8 Å². The smallest absolute Gasteiger partial charge is 0.262 e. The summed E-state index contributed by atoms with van der Waals surface area (Å²) in [5, 5.41) is 6.05. The van der Waals surface area contributed by atoms with Crippen molar-refractivity contribution in [1.82, 2.24) is 10.2 Å². The highest BCUT2D eigenvalue weighted by Gasteiger charge is 2.33. The Morgan fingerprint density at radius 1 is 1.23 bits per heavy atom. The van der Waals surface area contributed by atoms with Gasteiger partial charge in [-0.3, -0.25) is 14.4 Å². The molecule has 3 amide bonds. The highest BCUT2D eigenvalue weighted by molar-refractivity contribution is 8.15. The van der Waals surface area contributed by atoms with Gasteiger partial charge in [-0.15, -0.1) is 0 Å². The number of aliphatic imine (C=N–C) groups is 1. The van der Waals surface area contributed by atoms with Crippen molar-refractivity contribution in [2.45, 2.75) is 63.7 Å². The van der Waals surface area contributed by atoms with E-state index in [1.54, 1.807) is 24.3 Å². The highest BCUT2D eigenvalue weighted by Crippen LogP contribution is 2.29. The first-order chi connectivity index (χ1) is 14.3. The van der Waals surface area contributed by atoms with E-state index < -0.39 is 5.25 Å². The fourth-order valence-corrected chi connectivity index (χ4v) is 4.43. The van der Waals surface area contributed by atoms with Gasteiger partial charge in [0, 0.05) is 36.3 Å². The lowest BCUT2D eigenvalue weighted by molar-refractivity contribution is -0.121. The Morgan fingerprint density at radius 3 is 2.67 bits per heavy atom. The van der Waals surface area contributed by atoms with E-state index in [-0.39, 0.29) is 29.7 Å². The van der Waals surface area contributed by atoms with Crippen molar-refractivity contribution in [2.75, 3.05) is 18.4 Å². The van der Waals surface area contributed by atoms with Crippen LogP contribution in [0.15, 0.2) is 29.3 Å². The van der Waals surface area contributed by atoms with Crippen LogP contribution < -0.4 is 10.6 Å². The molecule has 0 aliphatic carbocycles. The largest absolute Gasteiger partial charge is 0.351 e. The predicted octanol–water partition coefficient (Wildman–Crippen LogP) is 3.42. The number of nitrogens with one attached hydrogen (secondary N) is 2. The van der Waals surface area contributed by atoms with Crippen molar-refractivity contribution in [3.05, 3.63) is 29.8 Å².